The minimum Gasteiger partial charge on any atom is -0.323 e. The van der Waals surface area contributed by atoms with Gasteiger partial charge in [-0.15, -0.1) is 0 Å². The van der Waals surface area contributed by atoms with E-state index < -0.39 is 0 Å². The van der Waals surface area contributed by atoms with Crippen molar-refractivity contribution in [3.8, 4) is 0 Å². The van der Waals surface area contributed by atoms with Gasteiger partial charge >= 0.3 is 0 Å². The van der Waals surface area contributed by atoms with E-state index in [4.69, 9.17) is 5.73 Å². The summed E-state index contributed by atoms with van der Waals surface area (Å²) in [5.41, 5.74) is 6.78. The van der Waals surface area contributed by atoms with Gasteiger partial charge in [0.15, 0.2) is 0 Å². The minimum atomic E-state index is 0.0519. The Hall–Kier alpha value is -0.830. The Balaban J connectivity index is 1.72. The van der Waals surface area contributed by atoms with Crippen LogP contribution in [0.4, 0.5) is 0 Å². The van der Waals surface area contributed by atoms with Crippen LogP contribution in [0.5, 0.6) is 0 Å². The van der Waals surface area contributed by atoms with Gasteiger partial charge in [-0.05, 0) is 31.7 Å². The molecule has 3 nitrogen and oxygen atoms in total. The molecule has 1 aliphatic carbocycles. The van der Waals surface area contributed by atoms with E-state index in [0.29, 0.717) is 0 Å². The maximum absolute atomic E-state index is 5.78. The van der Waals surface area contributed by atoms with Crippen molar-refractivity contribution in [3.63, 3.8) is 0 Å². The van der Waals surface area contributed by atoms with E-state index in [0.717, 1.165) is 18.2 Å². The van der Waals surface area contributed by atoms with E-state index in [2.05, 4.69) is 5.10 Å². The van der Waals surface area contributed by atoms with Crippen LogP contribution < -0.4 is 5.73 Å². The zero-order chi connectivity index (χ0) is 11.4. The molecule has 90 valence electrons. The molecule has 0 aromatic carbocycles. The SMILES string of the molecule is C[C@@H](N)c1ccn(CCCC2CCCC2)n1. The van der Waals surface area contributed by atoms with Crippen LogP contribution in [0.2, 0.25) is 0 Å². The second-order valence-corrected chi connectivity index (χ2v) is 5.09. The number of hydrogen-bond donors (Lipinski definition) is 1. The molecule has 3 heteroatoms. The van der Waals surface area contributed by atoms with E-state index in [1.807, 2.05) is 23.9 Å². The molecule has 1 aliphatic rings. The zero-order valence-electron chi connectivity index (χ0n) is 10.2. The summed E-state index contributed by atoms with van der Waals surface area (Å²) in [5.74, 6) is 0.989. The first-order valence-electron chi connectivity index (χ1n) is 6.54. The second-order valence-electron chi connectivity index (χ2n) is 5.09. The smallest absolute Gasteiger partial charge is 0.0788 e. The molecule has 1 heterocycles. The molecule has 0 aliphatic heterocycles. The van der Waals surface area contributed by atoms with Crippen molar-refractivity contribution in [2.75, 3.05) is 0 Å². The van der Waals surface area contributed by atoms with Crippen molar-refractivity contribution in [2.24, 2.45) is 11.7 Å². The van der Waals surface area contributed by atoms with Crippen LogP contribution in [-0.2, 0) is 6.54 Å². The lowest BCUT2D eigenvalue weighted by Crippen LogP contribution is -2.08. The third-order valence-corrected chi connectivity index (χ3v) is 3.60. The highest BCUT2D eigenvalue weighted by molar-refractivity contribution is 5.03. The monoisotopic (exact) mass is 221 g/mol. The first-order chi connectivity index (χ1) is 7.75. The Morgan fingerprint density at radius 3 is 2.88 bits per heavy atom. The molecule has 0 radical (unpaired) electrons. The fourth-order valence-electron chi connectivity index (χ4n) is 2.59. The number of hydrogen-bond acceptors (Lipinski definition) is 2. The lowest BCUT2D eigenvalue weighted by atomic mass is 10.0. The molecular weight excluding hydrogens is 198 g/mol. The summed E-state index contributed by atoms with van der Waals surface area (Å²) >= 11 is 0. The third kappa shape index (κ3) is 3.08. The van der Waals surface area contributed by atoms with Crippen molar-refractivity contribution < 1.29 is 0 Å². The summed E-state index contributed by atoms with van der Waals surface area (Å²) in [7, 11) is 0. The quantitative estimate of drug-likeness (QED) is 0.831. The minimum absolute atomic E-state index is 0.0519. The van der Waals surface area contributed by atoms with Crippen LogP contribution in [0.3, 0.4) is 0 Å². The maximum atomic E-state index is 5.78. The largest absolute Gasteiger partial charge is 0.323 e. The Morgan fingerprint density at radius 1 is 1.50 bits per heavy atom. The van der Waals surface area contributed by atoms with Gasteiger partial charge in [-0.2, -0.15) is 5.10 Å². The summed E-state index contributed by atoms with van der Waals surface area (Å²) in [6.45, 7) is 3.02. The summed E-state index contributed by atoms with van der Waals surface area (Å²) in [4.78, 5) is 0. The van der Waals surface area contributed by atoms with Gasteiger partial charge in [-0.25, -0.2) is 0 Å². The fourth-order valence-corrected chi connectivity index (χ4v) is 2.59. The first kappa shape index (κ1) is 11.6. The predicted molar refractivity (Wildman–Crippen MR) is 66.0 cm³/mol. The molecule has 1 aromatic heterocycles. The second kappa shape index (κ2) is 5.48. The molecule has 16 heavy (non-hydrogen) atoms. The maximum Gasteiger partial charge on any atom is 0.0788 e. The zero-order valence-corrected chi connectivity index (χ0v) is 10.2. The van der Waals surface area contributed by atoms with Crippen LogP contribution in [0.1, 0.15) is 57.2 Å². The molecule has 0 saturated heterocycles. The molecule has 0 bridgehead atoms. The van der Waals surface area contributed by atoms with E-state index in [1.165, 1.54) is 38.5 Å². The summed E-state index contributed by atoms with van der Waals surface area (Å²) in [6, 6.07) is 2.08. The van der Waals surface area contributed by atoms with Crippen molar-refractivity contribution in [2.45, 2.75) is 58.0 Å². The molecule has 1 aromatic rings. The molecule has 2 N–H and O–H groups in total. The van der Waals surface area contributed by atoms with Gasteiger partial charge in [-0.3, -0.25) is 4.68 Å². The lowest BCUT2D eigenvalue weighted by Gasteiger charge is -2.08. The van der Waals surface area contributed by atoms with E-state index in [-0.39, 0.29) is 6.04 Å². The van der Waals surface area contributed by atoms with Crippen LogP contribution in [-0.4, -0.2) is 9.78 Å². The van der Waals surface area contributed by atoms with Crippen molar-refractivity contribution in [1.82, 2.24) is 9.78 Å². The van der Waals surface area contributed by atoms with Crippen molar-refractivity contribution >= 4 is 0 Å². The third-order valence-electron chi connectivity index (χ3n) is 3.60. The highest BCUT2D eigenvalue weighted by Crippen LogP contribution is 2.28. The van der Waals surface area contributed by atoms with Crippen LogP contribution in [0.15, 0.2) is 12.3 Å². The van der Waals surface area contributed by atoms with Gasteiger partial charge in [-0.1, -0.05) is 25.7 Å². The highest BCUT2D eigenvalue weighted by Gasteiger charge is 2.14. The molecule has 0 amide bonds. The molecule has 0 unspecified atom stereocenters. The first-order valence-corrected chi connectivity index (χ1v) is 6.54. The van der Waals surface area contributed by atoms with E-state index in [9.17, 15) is 0 Å². The topological polar surface area (TPSA) is 43.8 Å². The molecule has 1 saturated carbocycles. The van der Waals surface area contributed by atoms with Crippen LogP contribution in [0.25, 0.3) is 0 Å². The number of aromatic nitrogens is 2. The molecule has 1 atom stereocenters. The molecule has 0 spiro atoms. The number of rotatable bonds is 5. The van der Waals surface area contributed by atoms with Gasteiger partial charge in [0.2, 0.25) is 0 Å². The van der Waals surface area contributed by atoms with Crippen LogP contribution in [0, 0.1) is 5.92 Å². The van der Waals surface area contributed by atoms with Crippen molar-refractivity contribution in [3.05, 3.63) is 18.0 Å². The lowest BCUT2D eigenvalue weighted by molar-refractivity contribution is 0.444. The highest BCUT2D eigenvalue weighted by atomic mass is 15.3. The Morgan fingerprint density at radius 2 is 2.25 bits per heavy atom. The van der Waals surface area contributed by atoms with Gasteiger partial charge in [0.1, 0.15) is 0 Å². The van der Waals surface area contributed by atoms with E-state index in [1.54, 1.807) is 0 Å². The van der Waals surface area contributed by atoms with Gasteiger partial charge in [0, 0.05) is 18.8 Å². The van der Waals surface area contributed by atoms with Gasteiger partial charge < -0.3 is 5.73 Å². The summed E-state index contributed by atoms with van der Waals surface area (Å²) in [6.07, 6.45) is 10.5. The number of nitrogens with zero attached hydrogens (tertiary/aromatic N) is 2. The predicted octanol–water partition coefficient (Wildman–Crippen LogP) is 2.87. The molecule has 1 fully saturated rings. The standard InChI is InChI=1S/C13H23N3/c1-11(14)13-8-10-16(15-13)9-4-7-12-5-2-3-6-12/h8,10-12H,2-7,9,14H2,1H3/t11-/m1/s1. The van der Waals surface area contributed by atoms with Crippen LogP contribution >= 0.6 is 0 Å². The normalized spacial score (nSPS) is 19.1. The summed E-state index contributed by atoms with van der Waals surface area (Å²) < 4.78 is 2.04. The average molecular weight is 221 g/mol. The van der Waals surface area contributed by atoms with E-state index >= 15 is 0 Å². The number of nitrogens with two attached hydrogens (primary N) is 1. The Bertz CT molecular complexity index is 311. The Kier molecular flexibility index (Phi) is 3.99. The van der Waals surface area contributed by atoms with Gasteiger partial charge in [0.25, 0.3) is 0 Å². The fraction of sp³-hybridized carbons (Fsp3) is 0.769. The number of aryl methyl sites for hydroxylation is 1. The molecular formula is C13H23N3. The Labute approximate surface area is 98.0 Å². The average Bonchev–Trinajstić information content (AvgIpc) is 2.87. The molecule has 2 rings (SSSR count). The summed E-state index contributed by atoms with van der Waals surface area (Å²) in [5, 5.41) is 4.47. The van der Waals surface area contributed by atoms with Gasteiger partial charge in [0.05, 0.1) is 5.69 Å². The van der Waals surface area contributed by atoms with Crippen molar-refractivity contribution in [1.29, 1.82) is 0 Å².